The molecule has 0 aliphatic heterocycles. The Bertz CT molecular complexity index is 892. The number of hydrogen-bond donors (Lipinski definition) is 2. The maximum atomic E-state index is 12.5. The number of benzene rings is 2. The second kappa shape index (κ2) is 9.89. The van der Waals surface area contributed by atoms with E-state index in [0.717, 1.165) is 31.2 Å². The highest BCUT2D eigenvalue weighted by Gasteiger charge is 2.21. The lowest BCUT2D eigenvalue weighted by molar-refractivity contribution is -0.128. The van der Waals surface area contributed by atoms with Crippen molar-refractivity contribution in [1.82, 2.24) is 10.0 Å². The maximum absolute atomic E-state index is 12.5. The van der Waals surface area contributed by atoms with Crippen LogP contribution < -0.4 is 14.8 Å². The number of sulfonamides is 1. The Morgan fingerprint density at radius 2 is 1.69 bits per heavy atom. The molecule has 156 valence electrons. The number of nitrogens with one attached hydrogen (secondary N) is 2. The molecule has 0 heterocycles. The summed E-state index contributed by atoms with van der Waals surface area (Å²) in [5, 5.41) is 3.04. The first-order chi connectivity index (χ1) is 13.9. The second-order valence-corrected chi connectivity index (χ2v) is 9.15. The summed E-state index contributed by atoms with van der Waals surface area (Å²) in [6, 6.07) is 15.7. The largest absolute Gasteiger partial charge is 0.481 e. The zero-order valence-corrected chi connectivity index (χ0v) is 17.5. The topological polar surface area (TPSA) is 84.5 Å². The van der Waals surface area contributed by atoms with E-state index < -0.39 is 16.1 Å². The summed E-state index contributed by atoms with van der Waals surface area (Å²) in [5.41, 5.74) is 0.883. The minimum Gasteiger partial charge on any atom is -0.481 e. The third kappa shape index (κ3) is 6.30. The molecule has 0 aromatic heterocycles. The quantitative estimate of drug-likeness (QED) is 0.691. The van der Waals surface area contributed by atoms with Crippen molar-refractivity contribution < 1.29 is 17.9 Å². The van der Waals surface area contributed by atoms with Crippen molar-refractivity contribution in [3.63, 3.8) is 0 Å². The molecule has 0 radical (unpaired) electrons. The minimum absolute atomic E-state index is 0.141. The Balaban J connectivity index is 1.54. The monoisotopic (exact) mass is 416 g/mol. The van der Waals surface area contributed by atoms with Gasteiger partial charge in [0.15, 0.2) is 6.10 Å². The summed E-state index contributed by atoms with van der Waals surface area (Å²) < 4.78 is 33.2. The molecule has 6 nitrogen and oxygen atoms in total. The van der Waals surface area contributed by atoms with Gasteiger partial charge in [0, 0.05) is 12.6 Å². The molecule has 29 heavy (non-hydrogen) atoms. The first kappa shape index (κ1) is 21.3. The number of carbonyl (C=O) groups excluding carboxylic acids is 1. The molecular formula is C22H28N2O4S. The van der Waals surface area contributed by atoms with Gasteiger partial charge in [0.25, 0.3) is 5.91 Å². The van der Waals surface area contributed by atoms with E-state index in [1.165, 1.54) is 18.6 Å². The van der Waals surface area contributed by atoms with E-state index in [4.69, 9.17) is 4.74 Å². The van der Waals surface area contributed by atoms with Crippen LogP contribution in [0.25, 0.3) is 0 Å². The lowest BCUT2D eigenvalue weighted by atomic mass is 9.95. The Labute approximate surface area is 172 Å². The van der Waals surface area contributed by atoms with Gasteiger partial charge in [-0.3, -0.25) is 4.79 Å². The summed E-state index contributed by atoms with van der Waals surface area (Å²) in [6.07, 6.45) is 4.91. The van der Waals surface area contributed by atoms with E-state index in [0.29, 0.717) is 5.75 Å². The lowest BCUT2D eigenvalue weighted by Gasteiger charge is -2.24. The van der Waals surface area contributed by atoms with Gasteiger partial charge in [0.2, 0.25) is 10.0 Å². The zero-order chi connectivity index (χ0) is 20.7. The number of amides is 1. The van der Waals surface area contributed by atoms with Gasteiger partial charge < -0.3 is 10.1 Å². The standard InChI is InChI=1S/C22H28N2O4S/c1-17(22(25)24-19-10-6-3-7-11-19)28-20-12-14-21(15-13-20)29(26,27)23-16-18-8-4-2-5-9-18/h2,4-5,8-9,12-15,17,19,23H,3,6-7,10-11,16H2,1H3,(H,24,25)/t17-/m1/s1. The lowest BCUT2D eigenvalue weighted by Crippen LogP contribution is -2.43. The van der Waals surface area contributed by atoms with Gasteiger partial charge >= 0.3 is 0 Å². The number of ether oxygens (including phenoxy) is 1. The average Bonchev–Trinajstić information content (AvgIpc) is 2.74. The number of carbonyl (C=O) groups is 1. The van der Waals surface area contributed by atoms with Crippen molar-refractivity contribution in [2.75, 3.05) is 0 Å². The van der Waals surface area contributed by atoms with Gasteiger partial charge in [-0.15, -0.1) is 0 Å². The summed E-state index contributed by atoms with van der Waals surface area (Å²) in [6.45, 7) is 1.92. The second-order valence-electron chi connectivity index (χ2n) is 7.39. The third-order valence-corrected chi connectivity index (χ3v) is 6.49. The molecule has 0 spiro atoms. The molecule has 7 heteroatoms. The molecule has 3 rings (SSSR count). The molecule has 0 bridgehead atoms. The molecule has 1 aliphatic carbocycles. The fourth-order valence-electron chi connectivity index (χ4n) is 3.38. The first-order valence-corrected chi connectivity index (χ1v) is 11.5. The summed E-state index contributed by atoms with van der Waals surface area (Å²) in [7, 11) is -3.62. The molecule has 1 amide bonds. The van der Waals surface area contributed by atoms with Crippen LogP contribution >= 0.6 is 0 Å². The predicted molar refractivity (Wildman–Crippen MR) is 112 cm³/mol. The van der Waals surface area contributed by atoms with Crippen molar-refractivity contribution in [1.29, 1.82) is 0 Å². The van der Waals surface area contributed by atoms with Gasteiger partial charge in [-0.1, -0.05) is 49.6 Å². The van der Waals surface area contributed by atoms with Crippen LogP contribution in [-0.4, -0.2) is 26.5 Å². The fourth-order valence-corrected chi connectivity index (χ4v) is 4.40. The highest BCUT2D eigenvalue weighted by atomic mass is 32.2. The Morgan fingerprint density at radius 1 is 1.03 bits per heavy atom. The molecule has 2 aromatic carbocycles. The van der Waals surface area contributed by atoms with Crippen molar-refractivity contribution in [3.05, 3.63) is 60.2 Å². The van der Waals surface area contributed by atoms with Crippen LogP contribution in [0, 0.1) is 0 Å². The third-order valence-electron chi connectivity index (χ3n) is 5.08. The van der Waals surface area contributed by atoms with Crippen molar-refractivity contribution in [2.24, 2.45) is 0 Å². The molecular weight excluding hydrogens is 388 g/mol. The van der Waals surface area contributed by atoms with E-state index in [-0.39, 0.29) is 23.4 Å². The Morgan fingerprint density at radius 3 is 2.34 bits per heavy atom. The normalized spacial score (nSPS) is 16.2. The highest BCUT2D eigenvalue weighted by Crippen LogP contribution is 2.19. The van der Waals surface area contributed by atoms with Crippen LogP contribution in [0.5, 0.6) is 5.75 Å². The molecule has 0 saturated heterocycles. The first-order valence-electron chi connectivity index (χ1n) is 10.0. The van der Waals surface area contributed by atoms with Gasteiger partial charge in [0.1, 0.15) is 5.75 Å². The van der Waals surface area contributed by atoms with Gasteiger partial charge in [0.05, 0.1) is 4.90 Å². The van der Waals surface area contributed by atoms with Crippen LogP contribution in [0.1, 0.15) is 44.6 Å². The maximum Gasteiger partial charge on any atom is 0.260 e. The van der Waals surface area contributed by atoms with Gasteiger partial charge in [-0.2, -0.15) is 0 Å². The van der Waals surface area contributed by atoms with Crippen molar-refractivity contribution in [2.45, 2.75) is 62.6 Å². The SMILES string of the molecule is C[C@@H](Oc1ccc(S(=O)(=O)NCc2ccccc2)cc1)C(=O)NC1CCCCC1. The van der Waals surface area contributed by atoms with Gasteiger partial charge in [-0.05, 0) is 49.6 Å². The Hall–Kier alpha value is -2.38. The van der Waals surface area contributed by atoms with E-state index in [2.05, 4.69) is 10.0 Å². The van der Waals surface area contributed by atoms with Crippen LogP contribution in [0.2, 0.25) is 0 Å². The summed E-state index contributed by atoms with van der Waals surface area (Å²) >= 11 is 0. The molecule has 1 fully saturated rings. The van der Waals surface area contributed by atoms with Crippen LogP contribution in [-0.2, 0) is 21.4 Å². The minimum atomic E-state index is -3.62. The molecule has 0 unspecified atom stereocenters. The van der Waals surface area contributed by atoms with Crippen LogP contribution in [0.15, 0.2) is 59.5 Å². The van der Waals surface area contributed by atoms with E-state index in [9.17, 15) is 13.2 Å². The van der Waals surface area contributed by atoms with E-state index in [1.54, 1.807) is 19.1 Å². The number of rotatable bonds is 8. The fraction of sp³-hybridized carbons (Fsp3) is 0.409. The Kier molecular flexibility index (Phi) is 7.28. The predicted octanol–water partition coefficient (Wildman–Crippen LogP) is 3.38. The molecule has 2 aromatic rings. The van der Waals surface area contributed by atoms with Crippen molar-refractivity contribution in [3.8, 4) is 5.75 Å². The molecule has 1 atom stereocenters. The summed E-state index contributed by atoms with van der Waals surface area (Å²) in [5.74, 6) is 0.316. The van der Waals surface area contributed by atoms with E-state index in [1.807, 2.05) is 30.3 Å². The summed E-state index contributed by atoms with van der Waals surface area (Å²) in [4.78, 5) is 12.5. The smallest absolute Gasteiger partial charge is 0.260 e. The van der Waals surface area contributed by atoms with Crippen molar-refractivity contribution >= 4 is 15.9 Å². The zero-order valence-electron chi connectivity index (χ0n) is 16.6. The molecule has 2 N–H and O–H groups in total. The van der Waals surface area contributed by atoms with Crippen LogP contribution in [0.3, 0.4) is 0 Å². The molecule has 1 saturated carbocycles. The van der Waals surface area contributed by atoms with E-state index >= 15 is 0 Å². The highest BCUT2D eigenvalue weighted by molar-refractivity contribution is 7.89. The number of hydrogen-bond acceptors (Lipinski definition) is 4. The molecule has 1 aliphatic rings. The average molecular weight is 417 g/mol. The van der Waals surface area contributed by atoms with Gasteiger partial charge in [-0.25, -0.2) is 13.1 Å². The van der Waals surface area contributed by atoms with Crippen LogP contribution in [0.4, 0.5) is 0 Å².